The lowest BCUT2D eigenvalue weighted by Gasteiger charge is -2.03. The third kappa shape index (κ3) is 1.54. The van der Waals surface area contributed by atoms with Crippen LogP contribution in [0.1, 0.15) is 0 Å². The number of pyridine rings is 1. The van der Waals surface area contributed by atoms with E-state index in [0.717, 1.165) is 0 Å². The molecule has 0 aliphatic rings. The summed E-state index contributed by atoms with van der Waals surface area (Å²) in [6, 6.07) is 2.43. The van der Waals surface area contributed by atoms with E-state index >= 15 is 0 Å². The van der Waals surface area contributed by atoms with Gasteiger partial charge in [0.05, 0.1) is 20.6 Å². The summed E-state index contributed by atoms with van der Waals surface area (Å²) in [5, 5.41) is 1.27. The predicted molar refractivity (Wildman–Crippen MR) is 56.7 cm³/mol. The van der Waals surface area contributed by atoms with Crippen LogP contribution in [0.3, 0.4) is 0 Å². The zero-order valence-electron chi connectivity index (χ0n) is 6.69. The maximum absolute atomic E-state index is 12.9. The van der Waals surface area contributed by atoms with Gasteiger partial charge in [-0.05, 0) is 6.07 Å². The van der Waals surface area contributed by atoms with E-state index in [0.29, 0.717) is 20.9 Å². The molecule has 1 heterocycles. The molecule has 2 rings (SSSR count). The topological polar surface area (TPSA) is 12.9 Å². The van der Waals surface area contributed by atoms with Gasteiger partial charge in [0.2, 0.25) is 0 Å². The lowest BCUT2D eigenvalue weighted by atomic mass is 10.2. The Labute approximate surface area is 94.4 Å². The number of rotatable bonds is 0. The van der Waals surface area contributed by atoms with E-state index in [-0.39, 0.29) is 5.02 Å². The van der Waals surface area contributed by atoms with Gasteiger partial charge in [-0.2, -0.15) is 0 Å². The summed E-state index contributed by atoms with van der Waals surface area (Å²) < 4.78 is 12.9. The molecule has 1 aromatic carbocycles. The number of benzene rings is 1. The molecule has 0 aliphatic heterocycles. The molecule has 72 valence electrons. The molecule has 0 fully saturated rings. The number of hydrogen-bond acceptors (Lipinski definition) is 1. The van der Waals surface area contributed by atoms with Crippen molar-refractivity contribution in [3.05, 3.63) is 39.2 Å². The summed E-state index contributed by atoms with van der Waals surface area (Å²) >= 11 is 17.5. The standard InChI is InChI=1S/C9H3Cl3FN/c10-5-1-4(13)2-7-8(5)9(12)6(11)3-14-7/h1-3H. The molecular formula is C9H3Cl3FN. The van der Waals surface area contributed by atoms with E-state index in [9.17, 15) is 4.39 Å². The Bertz CT molecular complexity index is 513. The van der Waals surface area contributed by atoms with E-state index < -0.39 is 5.82 Å². The first-order chi connectivity index (χ1) is 6.59. The second-order valence-electron chi connectivity index (χ2n) is 2.70. The van der Waals surface area contributed by atoms with Gasteiger partial charge in [-0.15, -0.1) is 0 Å². The summed E-state index contributed by atoms with van der Waals surface area (Å²) in [6.07, 6.45) is 1.36. The highest BCUT2D eigenvalue weighted by Crippen LogP contribution is 2.34. The van der Waals surface area contributed by atoms with Crippen molar-refractivity contribution < 1.29 is 4.39 Å². The molecule has 0 saturated carbocycles. The molecule has 2 aromatic rings. The zero-order valence-corrected chi connectivity index (χ0v) is 8.96. The Hall–Kier alpha value is -0.570. The Morgan fingerprint density at radius 1 is 1.07 bits per heavy atom. The van der Waals surface area contributed by atoms with Gasteiger partial charge in [0.15, 0.2) is 0 Å². The van der Waals surface area contributed by atoms with Crippen molar-refractivity contribution in [1.82, 2.24) is 4.98 Å². The van der Waals surface area contributed by atoms with E-state index in [1.807, 2.05) is 0 Å². The van der Waals surface area contributed by atoms with Gasteiger partial charge in [0.1, 0.15) is 5.82 Å². The van der Waals surface area contributed by atoms with Crippen molar-refractivity contribution in [1.29, 1.82) is 0 Å². The predicted octanol–water partition coefficient (Wildman–Crippen LogP) is 4.33. The van der Waals surface area contributed by atoms with Gasteiger partial charge < -0.3 is 0 Å². The smallest absolute Gasteiger partial charge is 0.126 e. The maximum Gasteiger partial charge on any atom is 0.126 e. The third-order valence-electron chi connectivity index (χ3n) is 1.78. The number of nitrogens with zero attached hydrogens (tertiary/aromatic N) is 1. The van der Waals surface area contributed by atoms with Crippen LogP contribution in [0.25, 0.3) is 10.9 Å². The summed E-state index contributed by atoms with van der Waals surface area (Å²) in [6.45, 7) is 0. The molecule has 0 unspecified atom stereocenters. The lowest BCUT2D eigenvalue weighted by molar-refractivity contribution is 0.629. The van der Waals surface area contributed by atoms with Gasteiger partial charge >= 0.3 is 0 Å². The minimum atomic E-state index is -0.451. The fourth-order valence-electron chi connectivity index (χ4n) is 1.18. The van der Waals surface area contributed by atoms with E-state index in [1.165, 1.54) is 18.3 Å². The summed E-state index contributed by atoms with van der Waals surface area (Å²) in [4.78, 5) is 3.92. The van der Waals surface area contributed by atoms with Crippen LogP contribution < -0.4 is 0 Å². The van der Waals surface area contributed by atoms with Crippen molar-refractivity contribution >= 4 is 45.7 Å². The average molecular weight is 250 g/mol. The van der Waals surface area contributed by atoms with Gasteiger partial charge in [-0.1, -0.05) is 34.8 Å². The van der Waals surface area contributed by atoms with E-state index in [4.69, 9.17) is 34.8 Å². The largest absolute Gasteiger partial charge is 0.254 e. The minimum absolute atomic E-state index is 0.208. The van der Waals surface area contributed by atoms with Crippen LogP contribution in [0.15, 0.2) is 18.3 Å². The Kier molecular flexibility index (Phi) is 2.52. The first-order valence-corrected chi connectivity index (χ1v) is 4.82. The molecular weight excluding hydrogens is 247 g/mol. The molecule has 0 amide bonds. The molecule has 5 heteroatoms. The summed E-state index contributed by atoms with van der Waals surface area (Å²) in [5.74, 6) is -0.451. The fraction of sp³-hybridized carbons (Fsp3) is 0. The highest BCUT2D eigenvalue weighted by molar-refractivity contribution is 6.47. The molecule has 0 saturated heterocycles. The highest BCUT2D eigenvalue weighted by atomic mass is 35.5. The Morgan fingerprint density at radius 2 is 1.79 bits per heavy atom. The fourth-order valence-corrected chi connectivity index (χ4v) is 1.92. The van der Waals surface area contributed by atoms with Crippen molar-refractivity contribution in [3.63, 3.8) is 0 Å². The van der Waals surface area contributed by atoms with Crippen LogP contribution in [-0.2, 0) is 0 Å². The van der Waals surface area contributed by atoms with Gasteiger partial charge in [-0.3, -0.25) is 4.98 Å². The van der Waals surface area contributed by atoms with Crippen LogP contribution in [0, 0.1) is 5.82 Å². The van der Waals surface area contributed by atoms with E-state index in [1.54, 1.807) is 0 Å². The number of hydrogen-bond donors (Lipinski definition) is 0. The summed E-state index contributed by atoms with van der Waals surface area (Å²) in [5.41, 5.74) is 0.393. The summed E-state index contributed by atoms with van der Waals surface area (Å²) in [7, 11) is 0. The highest BCUT2D eigenvalue weighted by Gasteiger charge is 2.10. The van der Waals surface area contributed by atoms with Crippen LogP contribution in [-0.4, -0.2) is 4.98 Å². The molecule has 0 atom stereocenters. The zero-order chi connectivity index (χ0) is 10.3. The number of fused-ring (bicyclic) bond motifs is 1. The van der Waals surface area contributed by atoms with Crippen molar-refractivity contribution in [2.24, 2.45) is 0 Å². The van der Waals surface area contributed by atoms with Gasteiger partial charge in [0.25, 0.3) is 0 Å². The minimum Gasteiger partial charge on any atom is -0.254 e. The molecule has 0 radical (unpaired) electrons. The average Bonchev–Trinajstić information content (AvgIpc) is 2.10. The normalized spacial score (nSPS) is 10.9. The van der Waals surface area contributed by atoms with Crippen molar-refractivity contribution in [2.45, 2.75) is 0 Å². The van der Waals surface area contributed by atoms with Gasteiger partial charge in [0, 0.05) is 17.6 Å². The van der Waals surface area contributed by atoms with Crippen LogP contribution in [0.4, 0.5) is 4.39 Å². The molecule has 1 aromatic heterocycles. The maximum atomic E-state index is 12.9. The molecule has 0 spiro atoms. The Morgan fingerprint density at radius 3 is 2.50 bits per heavy atom. The second-order valence-corrected chi connectivity index (χ2v) is 3.89. The molecule has 14 heavy (non-hydrogen) atoms. The lowest BCUT2D eigenvalue weighted by Crippen LogP contribution is -1.84. The third-order valence-corrected chi connectivity index (χ3v) is 2.85. The van der Waals surface area contributed by atoms with Crippen LogP contribution >= 0.6 is 34.8 Å². The van der Waals surface area contributed by atoms with E-state index in [2.05, 4.69) is 4.98 Å². The quantitative estimate of drug-likeness (QED) is 0.678. The number of halogens is 4. The van der Waals surface area contributed by atoms with Crippen molar-refractivity contribution in [2.75, 3.05) is 0 Å². The second kappa shape index (κ2) is 3.54. The van der Waals surface area contributed by atoms with Crippen LogP contribution in [0.5, 0.6) is 0 Å². The first kappa shape index (κ1) is 9.97. The monoisotopic (exact) mass is 249 g/mol. The van der Waals surface area contributed by atoms with Crippen molar-refractivity contribution in [3.8, 4) is 0 Å². The molecule has 0 N–H and O–H groups in total. The molecule has 0 aliphatic carbocycles. The molecule has 1 nitrogen and oxygen atoms in total. The number of aromatic nitrogens is 1. The Balaban J connectivity index is 2.95. The van der Waals surface area contributed by atoms with Gasteiger partial charge in [-0.25, -0.2) is 4.39 Å². The first-order valence-electron chi connectivity index (χ1n) is 3.68. The van der Waals surface area contributed by atoms with Crippen LogP contribution in [0.2, 0.25) is 15.1 Å². The molecule has 0 bridgehead atoms. The SMILES string of the molecule is Fc1cc(Cl)c2c(Cl)c(Cl)cnc2c1.